The summed E-state index contributed by atoms with van der Waals surface area (Å²) < 4.78 is 0. The summed E-state index contributed by atoms with van der Waals surface area (Å²) in [7, 11) is 0. The molecule has 1 saturated heterocycles. The van der Waals surface area contributed by atoms with Crippen molar-refractivity contribution in [3.05, 3.63) is 29.8 Å². The number of carbonyl (C=O) groups is 3. The third-order valence-corrected chi connectivity index (χ3v) is 6.90. The van der Waals surface area contributed by atoms with Crippen LogP contribution in [0.1, 0.15) is 51.0 Å². The minimum atomic E-state index is -0.513. The van der Waals surface area contributed by atoms with Gasteiger partial charge in [0.05, 0.1) is 5.41 Å². The van der Waals surface area contributed by atoms with Crippen LogP contribution in [0, 0.1) is 5.92 Å². The molecule has 6 heteroatoms. The molecule has 2 aliphatic heterocycles. The summed E-state index contributed by atoms with van der Waals surface area (Å²) in [5.74, 6) is 0.301. The van der Waals surface area contributed by atoms with E-state index in [0.717, 1.165) is 56.4 Å². The Morgan fingerprint density at radius 2 is 1.89 bits per heavy atom. The molecule has 1 aliphatic carbocycles. The summed E-state index contributed by atoms with van der Waals surface area (Å²) in [6, 6.07) is 8.31. The van der Waals surface area contributed by atoms with Crippen LogP contribution in [-0.2, 0) is 19.8 Å². The van der Waals surface area contributed by atoms with Gasteiger partial charge in [0.1, 0.15) is 12.3 Å². The van der Waals surface area contributed by atoms with Crippen molar-refractivity contribution in [1.29, 1.82) is 0 Å². The molecule has 0 unspecified atom stereocenters. The highest BCUT2D eigenvalue weighted by Gasteiger charge is 2.52. The Labute approximate surface area is 166 Å². The number of hydrogen-bond donors (Lipinski definition) is 1. The van der Waals surface area contributed by atoms with Crippen molar-refractivity contribution >= 4 is 23.3 Å². The average Bonchev–Trinajstić information content (AvgIpc) is 3.20. The minimum absolute atomic E-state index is 0.0295. The molecule has 1 aromatic rings. The molecule has 150 valence electrons. The Morgan fingerprint density at radius 1 is 1.18 bits per heavy atom. The van der Waals surface area contributed by atoms with Gasteiger partial charge in [-0.15, -0.1) is 0 Å². The van der Waals surface area contributed by atoms with Gasteiger partial charge in [0.2, 0.25) is 11.8 Å². The van der Waals surface area contributed by atoms with Crippen molar-refractivity contribution < 1.29 is 14.4 Å². The van der Waals surface area contributed by atoms with Crippen LogP contribution in [0.2, 0.25) is 0 Å². The summed E-state index contributed by atoms with van der Waals surface area (Å²) in [4.78, 5) is 40.4. The first-order chi connectivity index (χ1) is 13.4. The summed E-state index contributed by atoms with van der Waals surface area (Å²) in [5.41, 5.74) is 6.78. The van der Waals surface area contributed by atoms with Crippen LogP contribution in [0.3, 0.4) is 0 Å². The van der Waals surface area contributed by atoms with Gasteiger partial charge in [-0.2, -0.15) is 0 Å². The molecule has 0 bridgehead atoms. The molecule has 1 spiro atoms. The van der Waals surface area contributed by atoms with Gasteiger partial charge in [0.25, 0.3) is 0 Å². The van der Waals surface area contributed by atoms with Crippen molar-refractivity contribution in [2.45, 2.75) is 56.9 Å². The van der Waals surface area contributed by atoms with E-state index in [4.69, 9.17) is 5.73 Å². The number of fused-ring (bicyclic) bond motifs is 2. The van der Waals surface area contributed by atoms with Crippen molar-refractivity contribution in [2.24, 2.45) is 11.7 Å². The molecule has 0 radical (unpaired) electrons. The van der Waals surface area contributed by atoms with E-state index in [-0.39, 0.29) is 18.2 Å². The molecule has 6 nitrogen and oxygen atoms in total. The molecule has 2 amide bonds. The Hall–Kier alpha value is -2.21. The molecular formula is C22H29N3O3. The lowest BCUT2D eigenvalue weighted by molar-refractivity contribution is -0.126. The summed E-state index contributed by atoms with van der Waals surface area (Å²) in [5, 5.41) is 0. The van der Waals surface area contributed by atoms with Crippen molar-refractivity contribution in [1.82, 2.24) is 4.90 Å². The van der Waals surface area contributed by atoms with E-state index >= 15 is 0 Å². The van der Waals surface area contributed by atoms with Gasteiger partial charge in [0.15, 0.2) is 0 Å². The van der Waals surface area contributed by atoms with Crippen LogP contribution >= 0.6 is 0 Å². The number of anilines is 1. The second kappa shape index (κ2) is 7.32. The predicted molar refractivity (Wildman–Crippen MR) is 107 cm³/mol. The number of primary amides is 1. The number of benzene rings is 1. The van der Waals surface area contributed by atoms with Gasteiger partial charge in [-0.1, -0.05) is 18.2 Å². The Balaban J connectivity index is 1.48. The lowest BCUT2D eigenvalue weighted by atomic mass is 9.68. The van der Waals surface area contributed by atoms with Gasteiger partial charge in [-0.25, -0.2) is 0 Å². The molecule has 28 heavy (non-hydrogen) atoms. The zero-order valence-electron chi connectivity index (χ0n) is 16.5. The van der Waals surface area contributed by atoms with E-state index in [9.17, 15) is 14.4 Å². The number of rotatable bonds is 5. The van der Waals surface area contributed by atoms with E-state index in [1.54, 1.807) is 11.8 Å². The molecule has 0 aromatic heterocycles. The second-order valence-corrected chi connectivity index (χ2v) is 8.74. The van der Waals surface area contributed by atoms with E-state index in [1.807, 2.05) is 24.3 Å². The molecule has 1 aromatic carbocycles. The zero-order chi connectivity index (χ0) is 19.9. The third-order valence-electron chi connectivity index (χ3n) is 6.90. The topological polar surface area (TPSA) is 83.7 Å². The fourth-order valence-electron chi connectivity index (χ4n) is 5.62. The molecule has 1 atom stereocenters. The van der Waals surface area contributed by atoms with Gasteiger partial charge < -0.3 is 20.3 Å². The normalized spacial score (nSPS) is 30.0. The van der Waals surface area contributed by atoms with Crippen LogP contribution in [-0.4, -0.2) is 48.2 Å². The number of para-hydroxylation sites is 1. The average molecular weight is 383 g/mol. The zero-order valence-corrected chi connectivity index (χ0v) is 16.5. The molecule has 4 rings (SSSR count). The quantitative estimate of drug-likeness (QED) is 0.843. The summed E-state index contributed by atoms with van der Waals surface area (Å²) >= 11 is 0. The Kier molecular flexibility index (Phi) is 5.00. The third kappa shape index (κ3) is 3.24. The number of amides is 2. The van der Waals surface area contributed by atoms with Crippen molar-refractivity contribution in [2.75, 3.05) is 24.5 Å². The number of likely N-dealkylation sites (tertiary alicyclic amines) is 1. The maximum atomic E-state index is 13.3. The standard InChI is InChI=1S/C22H29N3O3/c1-15(26)12-16-8-11-24(13-16)17-6-9-22(10-7-17)18-4-2-3-5-19(18)25(21(22)28)14-20(23)27/h2-5,16-17H,6-14H2,1H3,(H2,23,27)/t16-,17?,22?/m1/s1. The Morgan fingerprint density at radius 3 is 2.57 bits per heavy atom. The number of nitrogens with zero attached hydrogens (tertiary/aromatic N) is 2. The van der Waals surface area contributed by atoms with Crippen molar-refractivity contribution in [3.63, 3.8) is 0 Å². The smallest absolute Gasteiger partial charge is 0.238 e. The highest BCUT2D eigenvalue weighted by Crippen LogP contribution is 2.50. The highest BCUT2D eigenvalue weighted by molar-refractivity contribution is 6.10. The SMILES string of the molecule is CC(=O)C[C@H]1CCN(C2CCC3(CC2)C(=O)N(CC(N)=O)c2ccccc23)C1. The Bertz CT molecular complexity index is 798. The van der Waals surface area contributed by atoms with Crippen LogP contribution in [0.5, 0.6) is 0 Å². The second-order valence-electron chi connectivity index (χ2n) is 8.74. The molecular weight excluding hydrogens is 354 g/mol. The highest BCUT2D eigenvalue weighted by atomic mass is 16.2. The number of Topliss-reactive ketones (excluding diaryl/α,β-unsaturated/α-hetero) is 1. The molecule has 2 fully saturated rings. The van der Waals surface area contributed by atoms with Crippen LogP contribution in [0.15, 0.2) is 24.3 Å². The minimum Gasteiger partial charge on any atom is -0.368 e. The van der Waals surface area contributed by atoms with Gasteiger partial charge in [-0.3, -0.25) is 9.59 Å². The van der Waals surface area contributed by atoms with Gasteiger partial charge >= 0.3 is 0 Å². The van der Waals surface area contributed by atoms with E-state index < -0.39 is 11.3 Å². The van der Waals surface area contributed by atoms with Crippen LogP contribution in [0.25, 0.3) is 0 Å². The summed E-state index contributed by atoms with van der Waals surface area (Å²) in [6.45, 7) is 3.66. The maximum Gasteiger partial charge on any atom is 0.238 e. The number of nitrogens with two attached hydrogens (primary N) is 1. The molecule has 2 heterocycles. The van der Waals surface area contributed by atoms with Gasteiger partial charge in [-0.05, 0) is 63.1 Å². The van der Waals surface area contributed by atoms with E-state index in [1.165, 1.54) is 0 Å². The molecule has 2 N–H and O–H groups in total. The lowest BCUT2D eigenvalue weighted by Gasteiger charge is -2.40. The first kappa shape index (κ1) is 19.1. The van der Waals surface area contributed by atoms with E-state index in [0.29, 0.717) is 18.4 Å². The summed E-state index contributed by atoms with van der Waals surface area (Å²) in [6.07, 6.45) is 5.32. The first-order valence-electron chi connectivity index (χ1n) is 10.3. The fraction of sp³-hybridized carbons (Fsp3) is 0.591. The predicted octanol–water partition coefficient (Wildman–Crippen LogP) is 2.00. The fourth-order valence-corrected chi connectivity index (χ4v) is 5.62. The van der Waals surface area contributed by atoms with Gasteiger partial charge in [0, 0.05) is 24.7 Å². The van der Waals surface area contributed by atoms with E-state index in [2.05, 4.69) is 4.90 Å². The lowest BCUT2D eigenvalue weighted by Crippen LogP contribution is -2.48. The van der Waals surface area contributed by atoms with Crippen molar-refractivity contribution in [3.8, 4) is 0 Å². The first-order valence-corrected chi connectivity index (χ1v) is 10.3. The molecule has 1 saturated carbocycles. The molecule has 3 aliphatic rings. The van der Waals surface area contributed by atoms with Crippen LogP contribution < -0.4 is 10.6 Å². The van der Waals surface area contributed by atoms with Crippen LogP contribution in [0.4, 0.5) is 5.69 Å². The number of carbonyl (C=O) groups excluding carboxylic acids is 3. The maximum absolute atomic E-state index is 13.3. The number of ketones is 1. The monoisotopic (exact) mass is 383 g/mol. The largest absolute Gasteiger partial charge is 0.368 e. The number of hydrogen-bond acceptors (Lipinski definition) is 4.